The molecule has 0 aromatic heterocycles. The van der Waals surface area contributed by atoms with Gasteiger partial charge in [-0.1, -0.05) is 0 Å². The van der Waals surface area contributed by atoms with Gasteiger partial charge in [0.15, 0.2) is 0 Å². The van der Waals surface area contributed by atoms with Crippen LogP contribution in [0.3, 0.4) is 0 Å². The van der Waals surface area contributed by atoms with Crippen molar-refractivity contribution < 1.29 is 4.79 Å². The van der Waals surface area contributed by atoms with Crippen molar-refractivity contribution in [3.63, 3.8) is 0 Å². The molecule has 0 heterocycles. The van der Waals surface area contributed by atoms with Crippen LogP contribution in [0.1, 0.15) is 12.8 Å². The molecule has 1 aliphatic rings. The molecule has 1 saturated carbocycles. The molecule has 1 N–H and O–H groups in total. The van der Waals surface area contributed by atoms with Gasteiger partial charge >= 0.3 is 0 Å². The van der Waals surface area contributed by atoms with E-state index in [1.807, 2.05) is 19.0 Å². The highest BCUT2D eigenvalue weighted by atomic mass is 16.2. The van der Waals surface area contributed by atoms with E-state index in [4.69, 9.17) is 5.26 Å². The third-order valence-electron chi connectivity index (χ3n) is 2.24. The van der Waals surface area contributed by atoms with Crippen LogP contribution in [0.25, 0.3) is 0 Å². The number of nitrogens with one attached hydrogen (secondary N) is 1. The second kappa shape index (κ2) is 3.75. The minimum atomic E-state index is -0.674. The number of rotatable bonds is 4. The minimum Gasteiger partial charge on any atom is -0.353 e. The van der Waals surface area contributed by atoms with Crippen LogP contribution in [0.4, 0.5) is 0 Å². The molecule has 0 saturated heterocycles. The summed E-state index contributed by atoms with van der Waals surface area (Å²) in [5.41, 5.74) is -0.674. The average molecular weight is 181 g/mol. The van der Waals surface area contributed by atoms with Crippen molar-refractivity contribution in [2.75, 3.05) is 27.2 Å². The van der Waals surface area contributed by atoms with Crippen molar-refractivity contribution in [2.24, 2.45) is 5.41 Å². The van der Waals surface area contributed by atoms with E-state index in [0.29, 0.717) is 6.54 Å². The van der Waals surface area contributed by atoms with E-state index in [-0.39, 0.29) is 5.91 Å². The zero-order valence-corrected chi connectivity index (χ0v) is 8.13. The van der Waals surface area contributed by atoms with Gasteiger partial charge in [0.2, 0.25) is 5.91 Å². The number of likely N-dealkylation sites (N-methyl/N-ethyl adjacent to an activating group) is 1. The summed E-state index contributed by atoms with van der Waals surface area (Å²) >= 11 is 0. The number of nitrogens with zero attached hydrogens (tertiary/aromatic N) is 2. The van der Waals surface area contributed by atoms with Gasteiger partial charge in [-0.15, -0.1) is 0 Å². The third-order valence-corrected chi connectivity index (χ3v) is 2.24. The van der Waals surface area contributed by atoms with Crippen LogP contribution in [0.15, 0.2) is 0 Å². The van der Waals surface area contributed by atoms with Gasteiger partial charge in [0, 0.05) is 13.1 Å². The first-order valence-corrected chi connectivity index (χ1v) is 4.45. The first kappa shape index (κ1) is 10.0. The summed E-state index contributed by atoms with van der Waals surface area (Å²) in [4.78, 5) is 13.4. The summed E-state index contributed by atoms with van der Waals surface area (Å²) in [5, 5.41) is 11.5. The molecule has 0 spiro atoms. The number of hydrogen-bond acceptors (Lipinski definition) is 3. The molecule has 0 radical (unpaired) electrons. The summed E-state index contributed by atoms with van der Waals surface area (Å²) in [5.74, 6) is -0.100. The van der Waals surface area contributed by atoms with Crippen LogP contribution in [0, 0.1) is 16.7 Å². The van der Waals surface area contributed by atoms with Crippen molar-refractivity contribution >= 4 is 5.91 Å². The first-order chi connectivity index (χ1) is 6.10. The highest BCUT2D eigenvalue weighted by molar-refractivity contribution is 5.88. The van der Waals surface area contributed by atoms with E-state index in [1.165, 1.54) is 0 Å². The molecule has 1 rings (SSSR count). The van der Waals surface area contributed by atoms with Crippen LogP contribution in [0.2, 0.25) is 0 Å². The Hall–Kier alpha value is -1.08. The maximum absolute atomic E-state index is 11.4. The molecule has 1 aliphatic carbocycles. The van der Waals surface area contributed by atoms with Crippen LogP contribution in [-0.4, -0.2) is 38.0 Å². The zero-order chi connectivity index (χ0) is 9.90. The SMILES string of the molecule is CN(C)CCNC(=O)C1(C#N)CC1. The summed E-state index contributed by atoms with van der Waals surface area (Å²) in [6.07, 6.45) is 1.44. The van der Waals surface area contributed by atoms with Crippen molar-refractivity contribution in [3.05, 3.63) is 0 Å². The maximum atomic E-state index is 11.4. The molecule has 1 amide bonds. The largest absolute Gasteiger partial charge is 0.353 e. The Morgan fingerprint density at radius 3 is 2.62 bits per heavy atom. The van der Waals surface area contributed by atoms with Crippen LogP contribution >= 0.6 is 0 Å². The quantitative estimate of drug-likeness (QED) is 0.662. The Morgan fingerprint density at radius 2 is 2.23 bits per heavy atom. The van der Waals surface area contributed by atoms with E-state index in [2.05, 4.69) is 11.4 Å². The highest BCUT2D eigenvalue weighted by Gasteiger charge is 2.50. The van der Waals surface area contributed by atoms with E-state index in [9.17, 15) is 4.79 Å². The van der Waals surface area contributed by atoms with Gasteiger partial charge < -0.3 is 10.2 Å². The number of hydrogen-bond donors (Lipinski definition) is 1. The number of carbonyl (C=O) groups is 1. The van der Waals surface area contributed by atoms with Crippen LogP contribution < -0.4 is 5.32 Å². The molecular formula is C9H15N3O. The topological polar surface area (TPSA) is 56.1 Å². The summed E-state index contributed by atoms with van der Waals surface area (Å²) < 4.78 is 0. The van der Waals surface area contributed by atoms with Gasteiger partial charge in [-0.25, -0.2) is 0 Å². The molecule has 0 unspecified atom stereocenters. The second-order valence-electron chi connectivity index (χ2n) is 3.75. The fourth-order valence-electron chi connectivity index (χ4n) is 1.08. The lowest BCUT2D eigenvalue weighted by molar-refractivity contribution is -0.124. The monoisotopic (exact) mass is 181 g/mol. The lowest BCUT2D eigenvalue weighted by Gasteiger charge is -2.11. The molecular weight excluding hydrogens is 166 g/mol. The Kier molecular flexibility index (Phi) is 2.89. The fraction of sp³-hybridized carbons (Fsp3) is 0.778. The van der Waals surface area contributed by atoms with Gasteiger partial charge in [-0.05, 0) is 26.9 Å². The predicted octanol–water partition coefficient (Wildman–Crippen LogP) is -0.0320. The summed E-state index contributed by atoms with van der Waals surface area (Å²) in [7, 11) is 3.90. The van der Waals surface area contributed by atoms with Gasteiger partial charge in [0.25, 0.3) is 0 Å². The predicted molar refractivity (Wildman–Crippen MR) is 48.8 cm³/mol. The smallest absolute Gasteiger partial charge is 0.240 e. The Balaban J connectivity index is 2.23. The normalized spacial score (nSPS) is 18.0. The Morgan fingerprint density at radius 1 is 1.62 bits per heavy atom. The summed E-state index contributed by atoms with van der Waals surface area (Å²) in [6, 6.07) is 2.06. The molecule has 72 valence electrons. The lowest BCUT2D eigenvalue weighted by Crippen LogP contribution is -2.36. The molecule has 0 aromatic rings. The third kappa shape index (κ3) is 2.43. The molecule has 0 aliphatic heterocycles. The van der Waals surface area contributed by atoms with E-state index in [0.717, 1.165) is 19.4 Å². The van der Waals surface area contributed by atoms with Crippen LogP contribution in [0.5, 0.6) is 0 Å². The fourth-order valence-corrected chi connectivity index (χ4v) is 1.08. The highest BCUT2D eigenvalue weighted by Crippen LogP contribution is 2.44. The second-order valence-corrected chi connectivity index (χ2v) is 3.75. The van der Waals surface area contributed by atoms with Gasteiger partial charge in [0.05, 0.1) is 6.07 Å². The lowest BCUT2D eigenvalue weighted by atomic mass is 10.1. The minimum absolute atomic E-state index is 0.100. The number of nitriles is 1. The Labute approximate surface area is 78.5 Å². The Bertz CT molecular complexity index is 238. The molecule has 0 bridgehead atoms. The molecule has 13 heavy (non-hydrogen) atoms. The molecule has 4 nitrogen and oxygen atoms in total. The number of amides is 1. The van der Waals surface area contributed by atoms with Crippen molar-refractivity contribution in [1.82, 2.24) is 10.2 Å². The average Bonchev–Trinajstić information content (AvgIpc) is 2.83. The van der Waals surface area contributed by atoms with Gasteiger partial charge in [-0.3, -0.25) is 4.79 Å². The van der Waals surface area contributed by atoms with Crippen molar-refractivity contribution in [3.8, 4) is 6.07 Å². The van der Waals surface area contributed by atoms with E-state index >= 15 is 0 Å². The maximum Gasteiger partial charge on any atom is 0.240 e. The molecule has 0 atom stereocenters. The standard InChI is InChI=1S/C9H15N3O/c1-12(2)6-5-11-8(13)9(7-10)3-4-9/h3-6H2,1-2H3,(H,11,13). The number of carbonyl (C=O) groups excluding carboxylic acids is 1. The van der Waals surface area contributed by atoms with Crippen molar-refractivity contribution in [1.29, 1.82) is 5.26 Å². The summed E-state index contributed by atoms with van der Waals surface area (Å²) in [6.45, 7) is 1.43. The van der Waals surface area contributed by atoms with Crippen molar-refractivity contribution in [2.45, 2.75) is 12.8 Å². The first-order valence-electron chi connectivity index (χ1n) is 4.45. The zero-order valence-electron chi connectivity index (χ0n) is 8.13. The van der Waals surface area contributed by atoms with E-state index < -0.39 is 5.41 Å². The van der Waals surface area contributed by atoms with Gasteiger partial charge in [0.1, 0.15) is 5.41 Å². The molecule has 4 heteroatoms. The van der Waals surface area contributed by atoms with E-state index in [1.54, 1.807) is 0 Å². The van der Waals surface area contributed by atoms with Crippen LogP contribution in [-0.2, 0) is 4.79 Å². The molecule has 0 aromatic carbocycles. The molecule has 1 fully saturated rings. The van der Waals surface area contributed by atoms with Gasteiger partial charge in [-0.2, -0.15) is 5.26 Å².